The van der Waals surface area contributed by atoms with Crippen LogP contribution in [-0.2, 0) is 9.53 Å². The lowest BCUT2D eigenvalue weighted by molar-refractivity contribution is -0.116. The maximum absolute atomic E-state index is 12.1. The monoisotopic (exact) mass is 403 g/mol. The van der Waals surface area contributed by atoms with Crippen molar-refractivity contribution >= 4 is 18.1 Å². The highest BCUT2D eigenvalue weighted by Crippen LogP contribution is 2.27. The van der Waals surface area contributed by atoms with Gasteiger partial charge in [0.05, 0.1) is 36.5 Å². The SMILES string of the molecule is O=C(/C=C/c1cnc[nH]1)NC/C=C/c1cn([C@H]2C[C@H](O)[C@@H](CO)O2)c(=O)[nH]c1=O. The van der Waals surface area contributed by atoms with E-state index < -0.39 is 29.7 Å². The largest absolute Gasteiger partial charge is 0.394 e. The summed E-state index contributed by atoms with van der Waals surface area (Å²) in [5.74, 6) is -0.327. The first-order chi connectivity index (χ1) is 14.0. The van der Waals surface area contributed by atoms with E-state index in [0.717, 1.165) is 4.57 Å². The maximum Gasteiger partial charge on any atom is 0.330 e. The summed E-state index contributed by atoms with van der Waals surface area (Å²) in [5, 5.41) is 21.6. The molecule has 0 bridgehead atoms. The zero-order chi connectivity index (χ0) is 20.8. The highest BCUT2D eigenvalue weighted by atomic mass is 16.5. The topological polar surface area (TPSA) is 162 Å². The molecule has 1 saturated heterocycles. The van der Waals surface area contributed by atoms with Gasteiger partial charge in [-0.3, -0.25) is 19.1 Å². The Morgan fingerprint density at radius 2 is 2.24 bits per heavy atom. The molecule has 0 aliphatic carbocycles. The van der Waals surface area contributed by atoms with Crippen molar-refractivity contribution in [2.24, 2.45) is 0 Å². The number of ether oxygens (including phenoxy) is 1. The Hall–Kier alpha value is -3.28. The molecule has 2 aromatic heterocycles. The van der Waals surface area contributed by atoms with Crippen molar-refractivity contribution in [3.05, 3.63) is 63.0 Å². The minimum atomic E-state index is -0.909. The molecule has 1 fully saturated rings. The van der Waals surface area contributed by atoms with Gasteiger partial charge in [-0.2, -0.15) is 0 Å². The van der Waals surface area contributed by atoms with Gasteiger partial charge in [0.15, 0.2) is 0 Å². The Labute approximate surface area is 164 Å². The molecule has 3 atom stereocenters. The number of H-pyrrole nitrogens is 2. The molecule has 5 N–H and O–H groups in total. The van der Waals surface area contributed by atoms with Crippen molar-refractivity contribution in [2.45, 2.75) is 24.9 Å². The molecular weight excluding hydrogens is 382 g/mol. The lowest BCUT2D eigenvalue weighted by Crippen LogP contribution is -2.33. The average molecular weight is 403 g/mol. The van der Waals surface area contributed by atoms with Crippen LogP contribution in [0.15, 0.2) is 40.5 Å². The van der Waals surface area contributed by atoms with Crippen LogP contribution in [0, 0.1) is 0 Å². The number of aliphatic hydroxyl groups is 2. The van der Waals surface area contributed by atoms with Crippen LogP contribution in [0.2, 0.25) is 0 Å². The number of hydrogen-bond donors (Lipinski definition) is 5. The summed E-state index contributed by atoms with van der Waals surface area (Å²) >= 11 is 0. The second-order valence-electron chi connectivity index (χ2n) is 6.35. The van der Waals surface area contributed by atoms with E-state index in [2.05, 4.69) is 20.3 Å². The molecule has 29 heavy (non-hydrogen) atoms. The lowest BCUT2D eigenvalue weighted by Gasteiger charge is -2.14. The molecule has 0 aromatic carbocycles. The van der Waals surface area contributed by atoms with Crippen molar-refractivity contribution in [2.75, 3.05) is 13.2 Å². The van der Waals surface area contributed by atoms with Crippen molar-refractivity contribution in [1.29, 1.82) is 0 Å². The normalized spacial score (nSPS) is 21.9. The molecule has 11 nitrogen and oxygen atoms in total. The van der Waals surface area contributed by atoms with E-state index in [1.807, 2.05) is 0 Å². The van der Waals surface area contributed by atoms with E-state index in [1.165, 1.54) is 24.7 Å². The van der Waals surface area contributed by atoms with Crippen LogP contribution in [-0.4, -0.2) is 61.0 Å². The number of aromatic amines is 2. The van der Waals surface area contributed by atoms with E-state index in [1.54, 1.807) is 18.3 Å². The third-order valence-corrected chi connectivity index (χ3v) is 4.31. The van der Waals surface area contributed by atoms with Gasteiger partial charge in [-0.05, 0) is 6.08 Å². The van der Waals surface area contributed by atoms with Crippen LogP contribution >= 0.6 is 0 Å². The highest BCUT2D eigenvalue weighted by Gasteiger charge is 2.35. The number of nitrogens with one attached hydrogen (secondary N) is 3. The minimum absolute atomic E-state index is 0.110. The molecule has 0 saturated carbocycles. The third kappa shape index (κ3) is 5.16. The van der Waals surface area contributed by atoms with E-state index in [0.29, 0.717) is 5.69 Å². The molecule has 154 valence electrons. The van der Waals surface area contributed by atoms with E-state index in [9.17, 15) is 19.5 Å². The van der Waals surface area contributed by atoms with Gasteiger partial charge in [-0.1, -0.05) is 12.2 Å². The first-order valence-corrected chi connectivity index (χ1v) is 8.88. The van der Waals surface area contributed by atoms with Crippen molar-refractivity contribution in [3.63, 3.8) is 0 Å². The summed E-state index contributed by atoms with van der Waals surface area (Å²) in [5.41, 5.74) is -0.407. The smallest absolute Gasteiger partial charge is 0.330 e. The number of nitrogens with zero attached hydrogens (tertiary/aromatic N) is 2. The first-order valence-electron chi connectivity index (χ1n) is 8.88. The van der Waals surface area contributed by atoms with Crippen LogP contribution in [0.1, 0.15) is 23.9 Å². The minimum Gasteiger partial charge on any atom is -0.394 e. The predicted molar refractivity (Wildman–Crippen MR) is 103 cm³/mol. The Bertz CT molecular complexity index is 1010. The molecule has 1 aliphatic heterocycles. The Morgan fingerprint density at radius 1 is 1.41 bits per heavy atom. The number of hydrogen-bond acceptors (Lipinski definition) is 7. The predicted octanol–water partition coefficient (Wildman–Crippen LogP) is -1.26. The second-order valence-corrected chi connectivity index (χ2v) is 6.35. The van der Waals surface area contributed by atoms with Gasteiger partial charge in [0, 0.05) is 25.2 Å². The first kappa shape index (κ1) is 20.5. The summed E-state index contributed by atoms with van der Waals surface area (Å²) in [6.45, 7) is -0.215. The fraction of sp³-hybridized carbons (Fsp3) is 0.333. The van der Waals surface area contributed by atoms with Gasteiger partial charge in [0.2, 0.25) is 5.91 Å². The molecular formula is C18H21N5O6. The average Bonchev–Trinajstić information content (AvgIpc) is 3.34. The molecule has 1 aliphatic rings. The molecule has 3 heterocycles. The molecule has 0 radical (unpaired) electrons. The third-order valence-electron chi connectivity index (χ3n) is 4.31. The van der Waals surface area contributed by atoms with E-state index >= 15 is 0 Å². The lowest BCUT2D eigenvalue weighted by atomic mass is 10.2. The molecule has 1 amide bonds. The van der Waals surface area contributed by atoms with Crippen molar-refractivity contribution < 1.29 is 19.7 Å². The van der Waals surface area contributed by atoms with E-state index in [4.69, 9.17) is 9.84 Å². The fourth-order valence-corrected chi connectivity index (χ4v) is 2.81. The van der Waals surface area contributed by atoms with Gasteiger partial charge in [-0.25, -0.2) is 9.78 Å². The quantitative estimate of drug-likeness (QED) is 0.360. The molecule has 11 heteroatoms. The number of aromatic nitrogens is 4. The van der Waals surface area contributed by atoms with Crippen LogP contribution < -0.4 is 16.6 Å². The van der Waals surface area contributed by atoms with Crippen molar-refractivity contribution in [3.8, 4) is 0 Å². The van der Waals surface area contributed by atoms with Gasteiger partial charge in [0.25, 0.3) is 5.56 Å². The highest BCUT2D eigenvalue weighted by molar-refractivity contribution is 5.91. The molecule has 2 aromatic rings. The fourth-order valence-electron chi connectivity index (χ4n) is 2.81. The number of carbonyl (C=O) groups is 1. The molecule has 3 rings (SSSR count). The summed E-state index contributed by atoms with van der Waals surface area (Å²) in [7, 11) is 0. The van der Waals surface area contributed by atoms with Crippen LogP contribution in [0.4, 0.5) is 0 Å². The number of carbonyl (C=O) groups excluding carboxylic acids is 1. The van der Waals surface area contributed by atoms with Gasteiger partial charge in [-0.15, -0.1) is 0 Å². The number of aliphatic hydroxyl groups excluding tert-OH is 2. The second kappa shape index (κ2) is 9.28. The zero-order valence-electron chi connectivity index (χ0n) is 15.3. The van der Waals surface area contributed by atoms with Gasteiger partial charge in [0.1, 0.15) is 12.3 Å². The number of imidazole rings is 1. The Kier molecular flexibility index (Phi) is 6.54. The van der Waals surface area contributed by atoms with Gasteiger partial charge < -0.3 is 25.3 Å². The zero-order valence-corrected chi connectivity index (χ0v) is 15.3. The Balaban J connectivity index is 1.62. The van der Waals surface area contributed by atoms with Gasteiger partial charge >= 0.3 is 5.69 Å². The van der Waals surface area contributed by atoms with Crippen molar-refractivity contribution in [1.82, 2.24) is 24.8 Å². The summed E-state index contributed by atoms with van der Waals surface area (Å²) in [6.07, 6.45) is 7.93. The summed E-state index contributed by atoms with van der Waals surface area (Å²) in [6, 6.07) is 0. The maximum atomic E-state index is 12.1. The van der Waals surface area contributed by atoms with Crippen LogP contribution in [0.25, 0.3) is 12.2 Å². The molecule has 0 unspecified atom stereocenters. The standard InChI is InChI=1S/C18H21N5O6/c24-9-14-13(25)6-16(29-14)23-8-11(17(27)22-18(23)28)2-1-5-20-15(26)4-3-12-7-19-10-21-12/h1-4,7-8,10,13-14,16,24-25H,5-6,9H2,(H,19,21)(H,20,26)(H,22,27,28)/b2-1+,4-3+/t13-,14+,16+/m0/s1. The Morgan fingerprint density at radius 3 is 2.93 bits per heavy atom. The summed E-state index contributed by atoms with van der Waals surface area (Å²) in [4.78, 5) is 44.6. The van der Waals surface area contributed by atoms with Crippen LogP contribution in [0.5, 0.6) is 0 Å². The van der Waals surface area contributed by atoms with E-state index in [-0.39, 0.29) is 31.0 Å². The number of amides is 1. The molecule has 0 spiro atoms. The number of rotatable bonds is 7. The van der Waals surface area contributed by atoms with Crippen LogP contribution in [0.3, 0.4) is 0 Å². The summed E-state index contributed by atoms with van der Waals surface area (Å²) < 4.78 is 6.60.